The summed E-state index contributed by atoms with van der Waals surface area (Å²) in [6.45, 7) is 28.3. The van der Waals surface area contributed by atoms with Crippen LogP contribution in [0.4, 0.5) is 4.79 Å². The van der Waals surface area contributed by atoms with Gasteiger partial charge in [-0.3, -0.25) is 30.6 Å². The zero-order valence-corrected chi connectivity index (χ0v) is 43.1. The fourth-order valence-electron chi connectivity index (χ4n) is 8.01. The second kappa shape index (κ2) is 33.3. The average molecular weight is 920 g/mol. The molecule has 359 valence electrons. The van der Waals surface area contributed by atoms with Crippen LogP contribution in [0, 0.1) is 5.92 Å². The molecule has 3 N–H and O–H groups in total. The van der Waals surface area contributed by atoms with E-state index in [1.807, 2.05) is 37.8 Å². The number of rotatable bonds is 9. The van der Waals surface area contributed by atoms with Gasteiger partial charge in [0.05, 0.1) is 14.2 Å². The summed E-state index contributed by atoms with van der Waals surface area (Å²) in [4.78, 5) is 53.1. The molecule has 0 aliphatic carbocycles. The number of hydrogen-bond acceptors (Lipinski definition) is 14. The SMILES string of the molecule is CC(=O)OC(C)=O.COc1ccc(CN2CCN(CC3CCN(C4(C)CCN(C(=O)OC(C)(C)C)CC4)CC3)CC2)cc1.COc1ccc(CN2CCNCC2)cc1.C[C-]=O.O.[B]=O.[Na+]. The van der Waals surface area contributed by atoms with Crippen LogP contribution in [0.1, 0.15) is 85.3 Å². The van der Waals surface area contributed by atoms with Gasteiger partial charge >= 0.3 is 60.0 Å². The third-order valence-electron chi connectivity index (χ3n) is 11.5. The Morgan fingerprint density at radius 1 is 0.723 bits per heavy atom. The Hall–Kier alpha value is -3.26. The molecular formula is C47H77BN6NaO10. The monoisotopic (exact) mass is 920 g/mol. The third-order valence-corrected chi connectivity index (χ3v) is 11.5. The molecule has 18 heteroatoms. The summed E-state index contributed by atoms with van der Waals surface area (Å²) >= 11 is 0. The first kappa shape index (κ1) is 61.7. The molecule has 4 aliphatic heterocycles. The van der Waals surface area contributed by atoms with E-state index in [0.717, 1.165) is 95.7 Å². The Kier molecular flexibility index (Phi) is 31.6. The Morgan fingerprint density at radius 3 is 1.49 bits per heavy atom. The van der Waals surface area contributed by atoms with Crippen molar-refractivity contribution >= 4 is 32.0 Å². The number of piperazine rings is 2. The molecule has 0 spiro atoms. The van der Waals surface area contributed by atoms with Crippen molar-refractivity contribution in [2.45, 2.75) is 98.4 Å². The molecule has 0 saturated carbocycles. The standard InChI is InChI=1S/C29H48N4O3.C12H18N2O.C4H6O3.C2H3O.BO.Na.H2O/c1-28(2,3)36-27(34)32-16-12-29(4,13-17-32)33-14-10-25(11-15-33)23-31-20-18-30(19-21-31)22-24-6-8-26(35-5)9-7-24;1-15-12-4-2-11(3-5-12)10-14-8-6-13-7-9-14;1-3(5)7-4(2)6;1-2-3;1-2;;/h6-9,25H,10-23H2,1-5H3;2-5,13H,6-10H2,1H3;1-2H3;1H3;;;1H2/q;;;-1;;+1;. The minimum absolute atomic E-state index is 0. The molecule has 65 heavy (non-hydrogen) atoms. The van der Waals surface area contributed by atoms with Gasteiger partial charge < -0.3 is 44.3 Å². The summed E-state index contributed by atoms with van der Waals surface area (Å²) in [5.74, 6) is 1.54. The van der Waals surface area contributed by atoms with E-state index in [1.54, 1.807) is 14.2 Å². The summed E-state index contributed by atoms with van der Waals surface area (Å²) in [5, 5.41) is 3.36. The summed E-state index contributed by atoms with van der Waals surface area (Å²) < 4.78 is 27.7. The van der Waals surface area contributed by atoms with Crippen LogP contribution in [0.15, 0.2) is 48.5 Å². The van der Waals surface area contributed by atoms with Crippen molar-refractivity contribution in [3.05, 3.63) is 59.7 Å². The number of benzene rings is 2. The first-order valence-corrected chi connectivity index (χ1v) is 22.1. The van der Waals surface area contributed by atoms with Crippen LogP contribution in [0.3, 0.4) is 0 Å². The smallest absolute Gasteiger partial charge is 1.00 e. The third kappa shape index (κ3) is 24.9. The Morgan fingerprint density at radius 2 is 1.12 bits per heavy atom. The number of likely N-dealkylation sites (tertiary alicyclic amines) is 2. The molecular weight excluding hydrogens is 842 g/mol. The quantitative estimate of drug-likeness (QED) is 0.165. The fourth-order valence-corrected chi connectivity index (χ4v) is 8.01. The van der Waals surface area contributed by atoms with E-state index in [0.29, 0.717) is 0 Å². The molecule has 4 fully saturated rings. The van der Waals surface area contributed by atoms with Crippen molar-refractivity contribution in [1.82, 2.24) is 29.8 Å². The van der Waals surface area contributed by atoms with Crippen LogP contribution in [-0.2, 0) is 41.7 Å². The van der Waals surface area contributed by atoms with Gasteiger partial charge in [0.15, 0.2) is 0 Å². The number of methoxy groups -OCH3 is 2. The average Bonchev–Trinajstić information content (AvgIpc) is 3.26. The van der Waals surface area contributed by atoms with Crippen LogP contribution in [0.5, 0.6) is 11.5 Å². The number of hydrogen-bond donors (Lipinski definition) is 1. The summed E-state index contributed by atoms with van der Waals surface area (Å²) in [7, 11) is 6.67. The number of nitrogens with one attached hydrogen (secondary N) is 1. The first-order chi connectivity index (χ1) is 30.1. The van der Waals surface area contributed by atoms with E-state index in [4.69, 9.17) is 23.7 Å². The Labute approximate surface area is 412 Å². The van der Waals surface area contributed by atoms with E-state index in [9.17, 15) is 14.4 Å². The van der Waals surface area contributed by atoms with Gasteiger partial charge in [0, 0.05) is 104 Å². The number of carbonyl (C=O) groups is 3. The number of esters is 2. The normalized spacial score (nSPS) is 17.9. The minimum atomic E-state index is -0.562. The molecule has 0 unspecified atom stereocenters. The van der Waals surface area contributed by atoms with Crippen LogP contribution in [0.25, 0.3) is 0 Å². The van der Waals surface area contributed by atoms with Crippen molar-refractivity contribution in [3.8, 4) is 11.5 Å². The van der Waals surface area contributed by atoms with Crippen LogP contribution in [0.2, 0.25) is 0 Å². The second-order valence-corrected chi connectivity index (χ2v) is 17.5. The van der Waals surface area contributed by atoms with E-state index in [2.05, 4.69) is 80.7 Å². The number of piperidine rings is 2. The molecule has 0 atom stereocenters. The van der Waals surface area contributed by atoms with Gasteiger partial charge in [-0.05, 0) is 108 Å². The predicted octanol–water partition coefficient (Wildman–Crippen LogP) is 1.31. The maximum absolute atomic E-state index is 12.4. The van der Waals surface area contributed by atoms with Crippen molar-refractivity contribution in [2.75, 3.05) is 99.3 Å². The number of ether oxygens (including phenoxy) is 4. The van der Waals surface area contributed by atoms with E-state index >= 15 is 0 Å². The second-order valence-electron chi connectivity index (χ2n) is 17.5. The maximum Gasteiger partial charge on any atom is 1.00 e. The van der Waals surface area contributed by atoms with Crippen LogP contribution in [-0.4, -0.2) is 172 Å². The van der Waals surface area contributed by atoms with Crippen molar-refractivity contribution in [2.24, 2.45) is 5.92 Å². The van der Waals surface area contributed by atoms with Crippen molar-refractivity contribution < 1.29 is 77.9 Å². The van der Waals surface area contributed by atoms with Gasteiger partial charge in [0.1, 0.15) is 17.1 Å². The topological polar surface area (TPSA) is 182 Å². The number of carbonyl (C=O) groups excluding carboxylic acids is 4. The minimum Gasteiger partial charge on any atom is 1.00 e. The zero-order valence-electron chi connectivity index (χ0n) is 41.1. The van der Waals surface area contributed by atoms with Crippen molar-refractivity contribution in [1.29, 1.82) is 0 Å². The molecule has 4 saturated heterocycles. The molecule has 6 rings (SSSR count). The maximum atomic E-state index is 12.4. The van der Waals surface area contributed by atoms with E-state index < -0.39 is 17.5 Å². The molecule has 1 amide bonds. The summed E-state index contributed by atoms with van der Waals surface area (Å²) in [6.07, 6.45) is 5.99. The van der Waals surface area contributed by atoms with E-state index in [-0.39, 0.29) is 46.7 Å². The predicted molar refractivity (Wildman–Crippen MR) is 249 cm³/mol. The number of amides is 1. The Balaban J connectivity index is 0.00000116. The van der Waals surface area contributed by atoms with Gasteiger partial charge in [0.25, 0.3) is 0 Å². The largest absolute Gasteiger partial charge is 1.00 e. The van der Waals surface area contributed by atoms with Gasteiger partial charge in [-0.1, -0.05) is 24.3 Å². The molecule has 16 nitrogen and oxygen atoms in total. The summed E-state index contributed by atoms with van der Waals surface area (Å²) in [6, 6.07) is 16.8. The van der Waals surface area contributed by atoms with Gasteiger partial charge in [-0.2, -0.15) is 6.92 Å². The van der Waals surface area contributed by atoms with Crippen LogP contribution >= 0.6 is 0 Å². The molecule has 0 aromatic heterocycles. The molecule has 2 aromatic rings. The fraction of sp³-hybridized carbons (Fsp3) is 0.660. The first-order valence-electron chi connectivity index (χ1n) is 22.1. The molecule has 4 aliphatic rings. The molecule has 1 radical (unpaired) electrons. The molecule has 0 bridgehead atoms. The molecule has 2 aromatic carbocycles. The van der Waals surface area contributed by atoms with Crippen molar-refractivity contribution in [3.63, 3.8) is 0 Å². The number of nitrogens with zero attached hydrogens (tertiary/aromatic N) is 5. The van der Waals surface area contributed by atoms with E-state index in [1.165, 1.54) is 83.7 Å². The van der Waals surface area contributed by atoms with Crippen LogP contribution < -0.4 is 44.3 Å². The zero-order chi connectivity index (χ0) is 46.8. The van der Waals surface area contributed by atoms with Gasteiger partial charge in [-0.25, -0.2) is 4.79 Å². The summed E-state index contributed by atoms with van der Waals surface area (Å²) in [5.41, 5.74) is 2.50. The van der Waals surface area contributed by atoms with Gasteiger partial charge in [-0.15, -0.1) is 0 Å². The Bertz CT molecular complexity index is 1600. The molecule has 4 heterocycles. The van der Waals surface area contributed by atoms with Gasteiger partial charge in [0.2, 0.25) is 0 Å².